The van der Waals surface area contributed by atoms with Gasteiger partial charge in [0.15, 0.2) is 5.82 Å². The molecule has 1 N–H and O–H groups in total. The van der Waals surface area contributed by atoms with Crippen LogP contribution in [0.2, 0.25) is 0 Å². The van der Waals surface area contributed by atoms with Crippen LogP contribution >= 0.6 is 0 Å². The summed E-state index contributed by atoms with van der Waals surface area (Å²) in [5.74, 6) is 1.61. The van der Waals surface area contributed by atoms with Crippen LogP contribution in [-0.4, -0.2) is 25.8 Å². The molecule has 2 aromatic heterocycles. The first kappa shape index (κ1) is 13.1. The van der Waals surface area contributed by atoms with Gasteiger partial charge in [-0.3, -0.25) is 4.98 Å². The lowest BCUT2D eigenvalue weighted by atomic mass is 10.3. The summed E-state index contributed by atoms with van der Waals surface area (Å²) >= 11 is 0. The number of aryl methyl sites for hydroxylation is 2. The van der Waals surface area contributed by atoms with Crippen molar-refractivity contribution in [3.63, 3.8) is 0 Å². The van der Waals surface area contributed by atoms with E-state index in [0.717, 1.165) is 29.5 Å². The molecule has 0 atom stereocenters. The fourth-order valence-corrected chi connectivity index (χ4v) is 1.96. The van der Waals surface area contributed by atoms with Gasteiger partial charge in [-0.05, 0) is 31.9 Å². The summed E-state index contributed by atoms with van der Waals surface area (Å²) < 4.78 is 7.70. The van der Waals surface area contributed by atoms with Crippen molar-refractivity contribution in [1.29, 1.82) is 0 Å². The maximum Gasteiger partial charge on any atom is 0.170 e. The van der Waals surface area contributed by atoms with E-state index in [-0.39, 0.29) is 0 Å². The van der Waals surface area contributed by atoms with Crippen molar-refractivity contribution < 1.29 is 4.74 Å². The van der Waals surface area contributed by atoms with Gasteiger partial charge in [0, 0.05) is 25.3 Å². The largest absolute Gasteiger partial charge is 0.484 e. The number of hydrogen-bond donors (Lipinski definition) is 1. The molecular weight excluding hydrogens is 254 g/mol. The lowest BCUT2D eigenvalue weighted by Crippen LogP contribution is -2.17. The Kier molecular flexibility index (Phi) is 3.64. The molecule has 20 heavy (non-hydrogen) atoms. The molecule has 0 aromatic carbocycles. The molecule has 2 heterocycles. The smallest absolute Gasteiger partial charge is 0.170 e. The summed E-state index contributed by atoms with van der Waals surface area (Å²) in [4.78, 5) is 4.56. The molecule has 0 saturated heterocycles. The van der Waals surface area contributed by atoms with Gasteiger partial charge in [0.1, 0.15) is 18.7 Å². The van der Waals surface area contributed by atoms with E-state index in [2.05, 4.69) is 20.5 Å². The van der Waals surface area contributed by atoms with E-state index >= 15 is 0 Å². The van der Waals surface area contributed by atoms with E-state index in [1.54, 1.807) is 6.33 Å². The second-order valence-corrected chi connectivity index (χ2v) is 5.20. The average Bonchev–Trinajstić information content (AvgIpc) is 3.18. The van der Waals surface area contributed by atoms with Crippen molar-refractivity contribution in [2.24, 2.45) is 7.05 Å². The predicted molar refractivity (Wildman–Crippen MR) is 74.2 cm³/mol. The number of nitrogens with one attached hydrogen (secondary N) is 1. The van der Waals surface area contributed by atoms with Gasteiger partial charge in [0.25, 0.3) is 0 Å². The summed E-state index contributed by atoms with van der Waals surface area (Å²) in [6.07, 6.45) is 4.20. The molecule has 0 amide bonds. The Hall–Kier alpha value is -1.95. The number of hydrogen-bond acceptors (Lipinski definition) is 5. The first-order chi connectivity index (χ1) is 9.72. The second-order valence-electron chi connectivity index (χ2n) is 5.20. The molecule has 2 aromatic rings. The van der Waals surface area contributed by atoms with Crippen LogP contribution in [-0.2, 0) is 20.2 Å². The van der Waals surface area contributed by atoms with Crippen molar-refractivity contribution in [1.82, 2.24) is 25.1 Å². The average molecular weight is 273 g/mol. The van der Waals surface area contributed by atoms with E-state index in [1.165, 1.54) is 12.8 Å². The predicted octanol–water partition coefficient (Wildman–Crippen LogP) is 1.35. The van der Waals surface area contributed by atoms with Crippen molar-refractivity contribution in [3.8, 4) is 5.75 Å². The lowest BCUT2D eigenvalue weighted by molar-refractivity contribution is 0.285. The molecule has 106 valence electrons. The number of nitrogens with zero attached hydrogens (tertiary/aromatic N) is 4. The quantitative estimate of drug-likeness (QED) is 0.860. The van der Waals surface area contributed by atoms with Crippen LogP contribution in [0.25, 0.3) is 0 Å². The minimum absolute atomic E-state index is 0.400. The summed E-state index contributed by atoms with van der Waals surface area (Å²) in [5, 5.41) is 11.3. The van der Waals surface area contributed by atoms with Gasteiger partial charge in [0.05, 0.1) is 5.69 Å². The van der Waals surface area contributed by atoms with E-state index in [0.29, 0.717) is 12.6 Å². The summed E-state index contributed by atoms with van der Waals surface area (Å²) in [6.45, 7) is 3.14. The van der Waals surface area contributed by atoms with Crippen molar-refractivity contribution in [2.45, 2.75) is 39.0 Å². The highest BCUT2D eigenvalue weighted by atomic mass is 16.5. The molecule has 1 aliphatic rings. The Bertz CT molecular complexity index is 591. The van der Waals surface area contributed by atoms with Gasteiger partial charge in [-0.2, -0.15) is 0 Å². The van der Waals surface area contributed by atoms with Crippen LogP contribution in [0.5, 0.6) is 5.75 Å². The first-order valence-corrected chi connectivity index (χ1v) is 6.88. The normalized spacial score (nSPS) is 14.5. The fraction of sp³-hybridized carbons (Fsp3) is 0.500. The zero-order valence-electron chi connectivity index (χ0n) is 11.8. The van der Waals surface area contributed by atoms with Crippen molar-refractivity contribution in [3.05, 3.63) is 35.7 Å². The monoisotopic (exact) mass is 273 g/mol. The van der Waals surface area contributed by atoms with Crippen molar-refractivity contribution >= 4 is 0 Å². The fourth-order valence-electron chi connectivity index (χ4n) is 1.96. The third-order valence-electron chi connectivity index (χ3n) is 3.37. The maximum atomic E-state index is 5.84. The molecule has 0 aliphatic heterocycles. The molecule has 1 aliphatic carbocycles. The van der Waals surface area contributed by atoms with Gasteiger partial charge < -0.3 is 14.6 Å². The molecule has 0 unspecified atom stereocenters. The number of aromatic nitrogens is 4. The number of pyridine rings is 1. The minimum atomic E-state index is 0.400. The van der Waals surface area contributed by atoms with Gasteiger partial charge in [-0.1, -0.05) is 0 Å². The van der Waals surface area contributed by atoms with Crippen LogP contribution in [0.3, 0.4) is 0 Å². The Morgan fingerprint density at radius 1 is 1.40 bits per heavy atom. The van der Waals surface area contributed by atoms with Gasteiger partial charge in [0.2, 0.25) is 0 Å². The van der Waals surface area contributed by atoms with Crippen LogP contribution in [0, 0.1) is 6.92 Å². The molecule has 0 bridgehead atoms. The Labute approximate surface area is 118 Å². The molecule has 3 rings (SSSR count). The minimum Gasteiger partial charge on any atom is -0.484 e. The number of ether oxygens (including phenoxy) is 1. The van der Waals surface area contributed by atoms with Crippen LogP contribution in [0.4, 0.5) is 0 Å². The molecule has 1 fully saturated rings. The highest BCUT2D eigenvalue weighted by Crippen LogP contribution is 2.22. The molecule has 6 heteroatoms. The molecule has 1 saturated carbocycles. The molecule has 0 spiro atoms. The molecule has 6 nitrogen and oxygen atoms in total. The standard InChI is InChI=1S/C14H19N5O/c1-10-3-6-13(12(17-10)7-15-11-4-5-11)20-8-14-18-16-9-19(14)2/h3,6,9,11,15H,4-5,7-8H2,1-2H3. The SMILES string of the molecule is Cc1ccc(OCc2nncn2C)c(CNC2CC2)n1. The summed E-state index contributed by atoms with van der Waals surface area (Å²) in [6, 6.07) is 4.60. The highest BCUT2D eigenvalue weighted by Gasteiger charge is 2.21. The zero-order valence-corrected chi connectivity index (χ0v) is 11.8. The Morgan fingerprint density at radius 2 is 2.25 bits per heavy atom. The highest BCUT2D eigenvalue weighted by molar-refractivity contribution is 5.29. The van der Waals surface area contributed by atoms with Gasteiger partial charge in [-0.15, -0.1) is 10.2 Å². The Balaban J connectivity index is 1.68. The first-order valence-electron chi connectivity index (χ1n) is 6.88. The van der Waals surface area contributed by atoms with E-state index in [9.17, 15) is 0 Å². The van der Waals surface area contributed by atoms with Crippen LogP contribution < -0.4 is 10.1 Å². The third kappa shape index (κ3) is 3.14. The molecule has 0 radical (unpaired) electrons. The van der Waals surface area contributed by atoms with E-state index in [1.807, 2.05) is 30.7 Å². The third-order valence-corrected chi connectivity index (χ3v) is 3.37. The topological polar surface area (TPSA) is 64.9 Å². The van der Waals surface area contributed by atoms with Crippen LogP contribution in [0.15, 0.2) is 18.5 Å². The van der Waals surface area contributed by atoms with E-state index in [4.69, 9.17) is 4.74 Å². The van der Waals surface area contributed by atoms with Crippen LogP contribution in [0.1, 0.15) is 30.1 Å². The van der Waals surface area contributed by atoms with Gasteiger partial charge >= 0.3 is 0 Å². The Morgan fingerprint density at radius 3 is 2.95 bits per heavy atom. The molecular formula is C14H19N5O. The van der Waals surface area contributed by atoms with Crippen molar-refractivity contribution in [2.75, 3.05) is 0 Å². The summed E-state index contributed by atoms with van der Waals surface area (Å²) in [5.41, 5.74) is 1.96. The van der Waals surface area contributed by atoms with E-state index < -0.39 is 0 Å². The number of rotatable bonds is 6. The second kappa shape index (κ2) is 5.58. The maximum absolute atomic E-state index is 5.84. The lowest BCUT2D eigenvalue weighted by Gasteiger charge is -2.11. The van der Waals surface area contributed by atoms with Gasteiger partial charge in [-0.25, -0.2) is 0 Å². The zero-order chi connectivity index (χ0) is 13.9. The summed E-state index contributed by atoms with van der Waals surface area (Å²) in [7, 11) is 1.90.